The van der Waals surface area contributed by atoms with Crippen LogP contribution in [0.15, 0.2) is 84.1 Å². The van der Waals surface area contributed by atoms with E-state index in [1.54, 1.807) is 24.3 Å². The van der Waals surface area contributed by atoms with Crippen LogP contribution in [-0.4, -0.2) is 23.3 Å². The van der Waals surface area contributed by atoms with E-state index in [0.717, 1.165) is 16.3 Å². The number of para-hydroxylation sites is 1. The molecule has 0 fully saturated rings. The fourth-order valence-electron chi connectivity index (χ4n) is 3.58. The number of nitrogens with two attached hydrogens (primary N) is 1. The van der Waals surface area contributed by atoms with E-state index in [1.165, 1.54) is 6.92 Å². The lowest BCUT2D eigenvalue weighted by atomic mass is 9.99. The van der Waals surface area contributed by atoms with Crippen molar-refractivity contribution in [1.29, 1.82) is 5.26 Å². The minimum Gasteiger partial charge on any atom is -0.454 e. The highest BCUT2D eigenvalue weighted by Crippen LogP contribution is 2.30. The Morgan fingerprint density at radius 3 is 2.44 bits per heavy atom. The van der Waals surface area contributed by atoms with Crippen LogP contribution in [-0.2, 0) is 9.53 Å². The zero-order valence-electron chi connectivity index (χ0n) is 17.3. The zero-order chi connectivity index (χ0) is 22.7. The number of hydrogen-bond acceptors (Lipinski definition) is 6. The number of ketones is 1. The van der Waals surface area contributed by atoms with E-state index < -0.39 is 18.4 Å². The van der Waals surface area contributed by atoms with Crippen LogP contribution in [0.25, 0.3) is 32.9 Å². The Hall–Kier alpha value is -4.50. The molecule has 2 N–H and O–H groups in total. The number of benzene rings is 3. The molecule has 0 saturated carbocycles. The predicted molar refractivity (Wildman–Crippen MR) is 122 cm³/mol. The third-order valence-corrected chi connectivity index (χ3v) is 5.12. The van der Waals surface area contributed by atoms with Gasteiger partial charge in [0.25, 0.3) is 0 Å². The highest BCUT2D eigenvalue weighted by molar-refractivity contribution is 6.07. The van der Waals surface area contributed by atoms with Gasteiger partial charge in [0.15, 0.2) is 6.61 Å². The van der Waals surface area contributed by atoms with Crippen LogP contribution in [0.1, 0.15) is 17.3 Å². The van der Waals surface area contributed by atoms with E-state index in [1.807, 2.05) is 54.6 Å². The summed E-state index contributed by atoms with van der Waals surface area (Å²) >= 11 is 0. The third kappa shape index (κ3) is 3.92. The van der Waals surface area contributed by atoms with Gasteiger partial charge in [-0.3, -0.25) is 4.79 Å². The van der Waals surface area contributed by atoms with Crippen molar-refractivity contribution in [2.45, 2.75) is 6.92 Å². The molecular formula is C26H19N3O3. The largest absolute Gasteiger partial charge is 0.454 e. The Balaban J connectivity index is 1.77. The second kappa shape index (κ2) is 8.70. The molecule has 6 nitrogen and oxygen atoms in total. The molecule has 3 aromatic carbocycles. The Morgan fingerprint density at radius 2 is 1.69 bits per heavy atom. The smallest absolute Gasteiger partial charge is 0.339 e. The normalized spacial score (nSPS) is 11.6. The lowest BCUT2D eigenvalue weighted by Crippen LogP contribution is -2.18. The van der Waals surface area contributed by atoms with Crippen LogP contribution in [0.2, 0.25) is 0 Å². The van der Waals surface area contributed by atoms with Gasteiger partial charge in [-0.25, -0.2) is 9.78 Å². The number of fused-ring (bicyclic) bond motifs is 2. The Kier molecular flexibility index (Phi) is 5.65. The van der Waals surface area contributed by atoms with Crippen molar-refractivity contribution in [2.24, 2.45) is 5.73 Å². The first-order valence-corrected chi connectivity index (χ1v) is 9.94. The summed E-state index contributed by atoms with van der Waals surface area (Å²) in [6.45, 7) is 0.877. The summed E-state index contributed by atoms with van der Waals surface area (Å²) < 4.78 is 5.25. The van der Waals surface area contributed by atoms with Crippen molar-refractivity contribution in [2.75, 3.05) is 6.61 Å². The minimum atomic E-state index is -0.676. The average Bonchev–Trinajstić information content (AvgIpc) is 2.81. The molecule has 6 heteroatoms. The van der Waals surface area contributed by atoms with Gasteiger partial charge in [0.2, 0.25) is 5.78 Å². The van der Waals surface area contributed by atoms with Gasteiger partial charge >= 0.3 is 5.97 Å². The number of carbonyl (C=O) groups is 2. The standard InChI is InChI=1S/C26H19N3O3/c1-16(28)22(14-27)25(30)15-32-26(31)21-13-24(29-23-12-5-4-10-20(21)23)19-11-6-8-17-7-2-3-9-18(17)19/h2-13H,15,28H2,1H3/b22-16+. The summed E-state index contributed by atoms with van der Waals surface area (Å²) in [6.07, 6.45) is 0. The molecule has 1 heterocycles. The fourth-order valence-corrected chi connectivity index (χ4v) is 3.58. The highest BCUT2D eigenvalue weighted by atomic mass is 16.5. The fraction of sp³-hybridized carbons (Fsp3) is 0.0769. The van der Waals surface area contributed by atoms with E-state index in [-0.39, 0.29) is 11.3 Å². The Labute approximate surface area is 184 Å². The molecule has 0 atom stereocenters. The van der Waals surface area contributed by atoms with Crippen molar-refractivity contribution in [3.05, 3.63) is 89.6 Å². The van der Waals surface area contributed by atoms with Crippen LogP contribution in [0, 0.1) is 11.3 Å². The molecule has 0 unspecified atom stereocenters. The first-order chi connectivity index (χ1) is 15.5. The van der Waals surface area contributed by atoms with Gasteiger partial charge in [0, 0.05) is 16.6 Å². The van der Waals surface area contributed by atoms with E-state index in [2.05, 4.69) is 0 Å². The average molecular weight is 421 g/mol. The van der Waals surface area contributed by atoms with Crippen LogP contribution >= 0.6 is 0 Å². The Bertz CT molecular complexity index is 1440. The van der Waals surface area contributed by atoms with Crippen LogP contribution in [0.4, 0.5) is 0 Å². The van der Waals surface area contributed by atoms with E-state index in [4.69, 9.17) is 20.7 Å². The second-order valence-corrected chi connectivity index (χ2v) is 7.27. The van der Waals surface area contributed by atoms with E-state index >= 15 is 0 Å². The monoisotopic (exact) mass is 421 g/mol. The summed E-state index contributed by atoms with van der Waals surface area (Å²) in [4.78, 5) is 29.9. The predicted octanol–water partition coefficient (Wildman–Crippen LogP) is 4.54. The number of ether oxygens (including phenoxy) is 1. The van der Waals surface area contributed by atoms with E-state index in [0.29, 0.717) is 22.2 Å². The van der Waals surface area contributed by atoms with Gasteiger partial charge < -0.3 is 10.5 Å². The molecule has 0 amide bonds. The highest BCUT2D eigenvalue weighted by Gasteiger charge is 2.19. The molecule has 0 aliphatic rings. The summed E-state index contributed by atoms with van der Waals surface area (Å²) in [6, 6.07) is 24.5. The van der Waals surface area contributed by atoms with E-state index in [9.17, 15) is 9.59 Å². The van der Waals surface area contributed by atoms with Crippen molar-refractivity contribution in [1.82, 2.24) is 4.98 Å². The molecule has 0 bridgehead atoms. The molecular weight excluding hydrogens is 402 g/mol. The van der Waals surface area contributed by atoms with Crippen molar-refractivity contribution < 1.29 is 14.3 Å². The lowest BCUT2D eigenvalue weighted by molar-refractivity contribution is -0.118. The molecule has 0 radical (unpaired) electrons. The molecule has 4 aromatic rings. The third-order valence-electron chi connectivity index (χ3n) is 5.12. The van der Waals surface area contributed by atoms with Crippen LogP contribution in [0.5, 0.6) is 0 Å². The van der Waals surface area contributed by atoms with Gasteiger partial charge in [0.05, 0.1) is 16.8 Å². The molecule has 0 spiro atoms. The summed E-state index contributed by atoms with van der Waals surface area (Å²) in [5.74, 6) is -1.32. The minimum absolute atomic E-state index is 0.0844. The van der Waals surface area contributed by atoms with Crippen LogP contribution in [0.3, 0.4) is 0 Å². The summed E-state index contributed by atoms with van der Waals surface area (Å²) in [5, 5.41) is 11.8. The lowest BCUT2D eigenvalue weighted by Gasteiger charge is -2.11. The molecule has 4 rings (SSSR count). The molecule has 156 valence electrons. The summed E-state index contributed by atoms with van der Waals surface area (Å²) in [7, 11) is 0. The molecule has 0 saturated heterocycles. The maximum absolute atomic E-state index is 13.0. The van der Waals surface area contributed by atoms with Gasteiger partial charge in [-0.1, -0.05) is 60.7 Å². The molecule has 1 aromatic heterocycles. The van der Waals surface area contributed by atoms with Gasteiger partial charge in [-0.2, -0.15) is 5.26 Å². The number of allylic oxidation sites excluding steroid dienone is 1. The van der Waals surface area contributed by atoms with Gasteiger partial charge in [0.1, 0.15) is 11.6 Å². The molecule has 0 aliphatic heterocycles. The van der Waals surface area contributed by atoms with Gasteiger partial charge in [-0.05, 0) is 29.8 Å². The topological polar surface area (TPSA) is 106 Å². The van der Waals surface area contributed by atoms with Crippen LogP contribution < -0.4 is 5.73 Å². The number of carbonyl (C=O) groups excluding carboxylic acids is 2. The SMILES string of the molecule is C/C(N)=C(/C#N)C(=O)COC(=O)c1cc(-c2cccc3ccccc23)nc2ccccc12. The number of Topliss-reactive ketones (excluding diaryl/α,β-unsaturated/α-hetero) is 1. The Morgan fingerprint density at radius 1 is 1.00 bits per heavy atom. The quantitative estimate of drug-likeness (QED) is 0.288. The van der Waals surface area contributed by atoms with Crippen molar-refractivity contribution in [3.63, 3.8) is 0 Å². The maximum Gasteiger partial charge on any atom is 0.339 e. The first kappa shape index (κ1) is 20.8. The number of hydrogen-bond donors (Lipinski definition) is 1. The van der Waals surface area contributed by atoms with Crippen molar-refractivity contribution in [3.8, 4) is 17.3 Å². The number of aromatic nitrogens is 1. The molecule has 0 aliphatic carbocycles. The number of esters is 1. The second-order valence-electron chi connectivity index (χ2n) is 7.27. The number of rotatable bonds is 5. The van der Waals surface area contributed by atoms with Crippen molar-refractivity contribution >= 4 is 33.4 Å². The number of nitrogens with zero attached hydrogens (tertiary/aromatic N) is 2. The maximum atomic E-state index is 13.0. The summed E-state index contributed by atoms with van der Waals surface area (Å²) in [5.41, 5.74) is 7.85. The molecule has 32 heavy (non-hydrogen) atoms. The zero-order valence-corrected chi connectivity index (χ0v) is 17.3. The number of pyridine rings is 1. The first-order valence-electron chi connectivity index (χ1n) is 9.94. The van der Waals surface area contributed by atoms with Gasteiger partial charge in [-0.15, -0.1) is 0 Å². The number of nitriles is 1.